The van der Waals surface area contributed by atoms with E-state index in [-0.39, 0.29) is 17.3 Å². The van der Waals surface area contributed by atoms with Crippen LogP contribution in [0.4, 0.5) is 5.69 Å². The summed E-state index contributed by atoms with van der Waals surface area (Å²) in [4.78, 5) is 15.4. The number of hydrogen-bond acceptors (Lipinski definition) is 4. The van der Waals surface area contributed by atoms with E-state index in [1.165, 1.54) is 23.6 Å². The number of nitrogens with zero attached hydrogens (tertiary/aromatic N) is 2. The van der Waals surface area contributed by atoms with Gasteiger partial charge in [0.05, 0.1) is 10.6 Å². The molecule has 1 fully saturated rings. The predicted octanol–water partition coefficient (Wildman–Crippen LogP) is 3.74. The second-order valence-corrected chi connectivity index (χ2v) is 10.3. The van der Waals surface area contributed by atoms with Crippen molar-refractivity contribution in [2.45, 2.75) is 50.8 Å². The smallest absolute Gasteiger partial charge is 0.264 e. The number of anilines is 1. The molecule has 0 atom stereocenters. The van der Waals surface area contributed by atoms with Gasteiger partial charge in [0.1, 0.15) is 6.54 Å². The lowest BCUT2D eigenvalue weighted by Crippen LogP contribution is -2.42. The quantitative estimate of drug-likeness (QED) is 0.552. The van der Waals surface area contributed by atoms with Gasteiger partial charge in [-0.3, -0.25) is 9.10 Å². The fraction of sp³-hybridized carbons (Fsp3) is 0.480. The zero-order valence-corrected chi connectivity index (χ0v) is 20.0. The van der Waals surface area contributed by atoms with Gasteiger partial charge in [-0.05, 0) is 76.0 Å². The first-order chi connectivity index (χ1) is 15.4. The van der Waals surface area contributed by atoms with Gasteiger partial charge >= 0.3 is 0 Å². The van der Waals surface area contributed by atoms with E-state index < -0.39 is 10.0 Å². The lowest BCUT2D eigenvalue weighted by atomic mass is 10.1. The molecule has 1 heterocycles. The van der Waals surface area contributed by atoms with Gasteiger partial charge in [0, 0.05) is 6.54 Å². The standard InChI is InChI=1S/C25H35N3O3S/c1-3-22-10-5-6-11-24(22)28(32(30,31)23-14-12-21(2)13-15-23)20-25(29)26-16-9-19-27-17-7-4-8-18-27/h5-6,10-15H,3-4,7-9,16-20H2,1-2H3,(H,26,29). The first kappa shape index (κ1) is 24.3. The summed E-state index contributed by atoms with van der Waals surface area (Å²) in [5, 5.41) is 2.92. The summed E-state index contributed by atoms with van der Waals surface area (Å²) in [5.74, 6) is -0.287. The van der Waals surface area contributed by atoms with Crippen LogP contribution in [0.2, 0.25) is 0 Å². The van der Waals surface area contributed by atoms with Gasteiger partial charge in [-0.2, -0.15) is 0 Å². The van der Waals surface area contributed by atoms with E-state index in [0.717, 1.165) is 37.2 Å². The first-order valence-corrected chi connectivity index (χ1v) is 13.0. The minimum atomic E-state index is -3.88. The minimum absolute atomic E-state index is 0.187. The van der Waals surface area contributed by atoms with Crippen LogP contribution in [0.15, 0.2) is 53.4 Å². The van der Waals surface area contributed by atoms with Crippen LogP contribution in [0.3, 0.4) is 0 Å². The van der Waals surface area contributed by atoms with Crippen LogP contribution < -0.4 is 9.62 Å². The van der Waals surface area contributed by atoms with Gasteiger partial charge in [0.2, 0.25) is 5.91 Å². The van der Waals surface area contributed by atoms with Crippen molar-refractivity contribution in [3.8, 4) is 0 Å². The number of para-hydroxylation sites is 1. The maximum atomic E-state index is 13.5. The molecular weight excluding hydrogens is 422 g/mol. The normalized spacial score (nSPS) is 14.8. The highest BCUT2D eigenvalue weighted by Gasteiger charge is 2.28. The number of carbonyl (C=O) groups is 1. The van der Waals surface area contributed by atoms with Crippen LogP contribution >= 0.6 is 0 Å². The third kappa shape index (κ3) is 6.33. The van der Waals surface area contributed by atoms with Crippen molar-refractivity contribution in [2.24, 2.45) is 0 Å². The lowest BCUT2D eigenvalue weighted by molar-refractivity contribution is -0.119. The number of rotatable bonds is 10. The van der Waals surface area contributed by atoms with E-state index in [1.54, 1.807) is 30.3 Å². The highest BCUT2D eigenvalue weighted by atomic mass is 32.2. The van der Waals surface area contributed by atoms with Crippen LogP contribution in [0.25, 0.3) is 0 Å². The van der Waals surface area contributed by atoms with E-state index in [4.69, 9.17) is 0 Å². The number of piperidine rings is 1. The molecule has 7 heteroatoms. The van der Waals surface area contributed by atoms with Gasteiger partial charge in [-0.15, -0.1) is 0 Å². The molecule has 1 saturated heterocycles. The molecule has 6 nitrogen and oxygen atoms in total. The molecule has 1 aliphatic heterocycles. The largest absolute Gasteiger partial charge is 0.354 e. The van der Waals surface area contributed by atoms with Gasteiger partial charge in [0.25, 0.3) is 10.0 Å². The fourth-order valence-electron chi connectivity index (χ4n) is 4.09. The number of hydrogen-bond donors (Lipinski definition) is 1. The van der Waals surface area contributed by atoms with Crippen molar-refractivity contribution < 1.29 is 13.2 Å². The van der Waals surface area contributed by atoms with Gasteiger partial charge in [0.15, 0.2) is 0 Å². The SMILES string of the molecule is CCc1ccccc1N(CC(=O)NCCCN1CCCCC1)S(=O)(=O)c1ccc(C)cc1. The van der Waals surface area contributed by atoms with Crippen LogP contribution in [-0.4, -0.2) is 51.9 Å². The zero-order valence-electron chi connectivity index (χ0n) is 19.2. The fourth-order valence-corrected chi connectivity index (χ4v) is 5.55. The van der Waals surface area contributed by atoms with Crippen LogP contribution in [0, 0.1) is 6.92 Å². The Morgan fingerprint density at radius 3 is 2.41 bits per heavy atom. The van der Waals surface area contributed by atoms with Crippen molar-refractivity contribution in [2.75, 3.05) is 37.0 Å². The van der Waals surface area contributed by atoms with E-state index in [1.807, 2.05) is 32.0 Å². The van der Waals surface area contributed by atoms with E-state index in [9.17, 15) is 13.2 Å². The Morgan fingerprint density at radius 2 is 1.72 bits per heavy atom. The molecule has 174 valence electrons. The monoisotopic (exact) mass is 457 g/mol. The molecule has 32 heavy (non-hydrogen) atoms. The molecule has 1 amide bonds. The number of aryl methyl sites for hydroxylation is 2. The number of carbonyl (C=O) groups excluding carboxylic acids is 1. The molecule has 0 unspecified atom stereocenters. The maximum Gasteiger partial charge on any atom is 0.264 e. The average Bonchev–Trinajstić information content (AvgIpc) is 2.81. The number of amides is 1. The number of benzene rings is 2. The molecule has 0 bridgehead atoms. The molecule has 1 N–H and O–H groups in total. The Balaban J connectivity index is 1.72. The number of likely N-dealkylation sites (tertiary alicyclic amines) is 1. The molecule has 1 aliphatic rings. The van der Waals surface area contributed by atoms with Crippen molar-refractivity contribution in [3.63, 3.8) is 0 Å². The Morgan fingerprint density at radius 1 is 1.03 bits per heavy atom. The van der Waals surface area contributed by atoms with E-state index in [2.05, 4.69) is 10.2 Å². The summed E-state index contributed by atoms with van der Waals surface area (Å²) < 4.78 is 28.3. The number of sulfonamides is 1. The van der Waals surface area contributed by atoms with Crippen LogP contribution in [0.1, 0.15) is 43.7 Å². The summed E-state index contributed by atoms with van der Waals surface area (Å²) in [6, 6.07) is 14.1. The molecule has 0 spiro atoms. The highest BCUT2D eigenvalue weighted by molar-refractivity contribution is 7.92. The first-order valence-electron chi connectivity index (χ1n) is 11.6. The molecular formula is C25H35N3O3S. The van der Waals surface area contributed by atoms with E-state index >= 15 is 0 Å². The molecule has 0 aliphatic carbocycles. The third-order valence-corrected chi connectivity index (χ3v) is 7.73. The summed E-state index contributed by atoms with van der Waals surface area (Å²) in [7, 11) is -3.88. The summed E-state index contributed by atoms with van der Waals surface area (Å²) in [6.07, 6.45) is 5.33. The van der Waals surface area contributed by atoms with Crippen LogP contribution in [0.5, 0.6) is 0 Å². The summed E-state index contributed by atoms with van der Waals surface area (Å²) in [5.41, 5.74) is 2.43. The second-order valence-electron chi connectivity index (χ2n) is 8.41. The molecule has 3 rings (SSSR count). The zero-order chi connectivity index (χ0) is 23.0. The van der Waals surface area contributed by atoms with Crippen LogP contribution in [-0.2, 0) is 21.2 Å². The highest BCUT2D eigenvalue weighted by Crippen LogP contribution is 2.27. The molecule has 0 aromatic heterocycles. The Bertz CT molecular complexity index is 984. The molecule has 2 aromatic carbocycles. The predicted molar refractivity (Wildman–Crippen MR) is 129 cm³/mol. The van der Waals surface area contributed by atoms with Crippen molar-refractivity contribution >= 4 is 21.6 Å². The Labute approximate surface area is 192 Å². The van der Waals surface area contributed by atoms with E-state index in [0.29, 0.717) is 18.7 Å². The van der Waals surface area contributed by atoms with Crippen molar-refractivity contribution in [1.82, 2.24) is 10.2 Å². The average molecular weight is 458 g/mol. The second kappa shape index (κ2) is 11.5. The lowest BCUT2D eigenvalue weighted by Gasteiger charge is -2.27. The summed E-state index contributed by atoms with van der Waals surface area (Å²) in [6.45, 7) is 7.42. The topological polar surface area (TPSA) is 69.7 Å². The minimum Gasteiger partial charge on any atom is -0.354 e. The molecule has 0 radical (unpaired) electrons. The number of nitrogens with one attached hydrogen (secondary N) is 1. The van der Waals surface area contributed by atoms with Gasteiger partial charge in [-0.25, -0.2) is 8.42 Å². The third-order valence-electron chi connectivity index (χ3n) is 5.96. The Kier molecular flexibility index (Phi) is 8.70. The van der Waals surface area contributed by atoms with Gasteiger partial charge in [-0.1, -0.05) is 49.2 Å². The molecule has 2 aromatic rings. The Hall–Kier alpha value is -2.38. The van der Waals surface area contributed by atoms with Crippen molar-refractivity contribution in [1.29, 1.82) is 0 Å². The van der Waals surface area contributed by atoms with Gasteiger partial charge < -0.3 is 10.2 Å². The molecule has 0 saturated carbocycles. The summed E-state index contributed by atoms with van der Waals surface area (Å²) >= 11 is 0. The maximum absolute atomic E-state index is 13.5. The van der Waals surface area contributed by atoms with Crippen molar-refractivity contribution in [3.05, 3.63) is 59.7 Å².